The number of hydrogen-bond donors (Lipinski definition) is 4. The Kier molecular flexibility index (Phi) is 16.0. The number of carbonyl (C=O) groups excluding carboxylic acids is 3. The first kappa shape index (κ1) is 37.8. The average molecular weight is 650 g/mol. The fraction of sp³-hybridized carbons (Fsp3) is 0.622. The molecule has 0 unspecified atom stereocenters. The molecule has 0 aliphatic heterocycles. The molecule has 1 saturated carbocycles. The number of aliphatic hydroxyl groups excluding tert-OH is 2. The predicted molar refractivity (Wildman–Crippen MR) is 183 cm³/mol. The molecule has 3 amide bonds. The van der Waals surface area contributed by atoms with Crippen molar-refractivity contribution < 1.29 is 24.6 Å². The maximum absolute atomic E-state index is 13.9. The van der Waals surface area contributed by atoms with Crippen LogP contribution in [0, 0.1) is 30.1 Å². The highest BCUT2D eigenvalue weighted by Crippen LogP contribution is 2.29. The molecule has 1 aliphatic carbocycles. The molecule has 5 atom stereocenters. The van der Waals surface area contributed by atoms with Crippen LogP contribution in [-0.2, 0) is 27.3 Å². The topological polar surface area (TPSA) is 137 Å². The molecule has 1 aromatic heterocycles. The lowest BCUT2D eigenvalue weighted by molar-refractivity contribution is -0.137. The van der Waals surface area contributed by atoms with Crippen LogP contribution in [0.25, 0.3) is 0 Å². The molecule has 258 valence electrons. The fourth-order valence-corrected chi connectivity index (χ4v) is 6.36. The summed E-state index contributed by atoms with van der Waals surface area (Å²) in [6, 6.07) is 7.86. The number of imidazole rings is 1. The largest absolute Gasteiger partial charge is 0.390 e. The zero-order chi connectivity index (χ0) is 34.2. The SMILES string of the molecule is C#CCC[C@H](NC(=O)[C@@H](CC(=O)N(C)CCn1ccnc1)Cc1ccccc1)C(=O)N[C@@H](CC1CCCCC1)[C@@H](O)[C@@H](O)CC(C)C. The van der Waals surface area contributed by atoms with Crippen LogP contribution in [0.1, 0.15) is 83.6 Å². The number of carbonyl (C=O) groups is 3. The number of benzene rings is 1. The molecule has 1 fully saturated rings. The van der Waals surface area contributed by atoms with Crippen LogP contribution in [0.2, 0.25) is 0 Å². The van der Waals surface area contributed by atoms with Gasteiger partial charge in [-0.05, 0) is 43.1 Å². The summed E-state index contributed by atoms with van der Waals surface area (Å²) < 4.78 is 1.88. The number of hydrogen-bond acceptors (Lipinski definition) is 6. The third-order valence-corrected chi connectivity index (χ3v) is 9.16. The van der Waals surface area contributed by atoms with E-state index in [1.165, 1.54) is 6.42 Å². The molecular weight excluding hydrogens is 594 g/mol. The minimum Gasteiger partial charge on any atom is -0.390 e. The Morgan fingerprint density at radius 1 is 1.09 bits per heavy atom. The first-order chi connectivity index (χ1) is 22.6. The van der Waals surface area contributed by atoms with Gasteiger partial charge in [0.15, 0.2) is 0 Å². The van der Waals surface area contributed by atoms with Crippen molar-refractivity contribution in [3.63, 3.8) is 0 Å². The molecule has 0 bridgehead atoms. The Labute approximate surface area is 280 Å². The maximum Gasteiger partial charge on any atom is 0.242 e. The van der Waals surface area contributed by atoms with E-state index >= 15 is 0 Å². The second-order valence-corrected chi connectivity index (χ2v) is 13.6. The predicted octanol–water partition coefficient (Wildman–Crippen LogP) is 3.71. The van der Waals surface area contributed by atoms with E-state index in [0.717, 1.165) is 31.2 Å². The summed E-state index contributed by atoms with van der Waals surface area (Å²) >= 11 is 0. The molecule has 47 heavy (non-hydrogen) atoms. The molecule has 3 rings (SSSR count). The van der Waals surface area contributed by atoms with Crippen molar-refractivity contribution in [3.05, 3.63) is 54.6 Å². The average Bonchev–Trinajstić information content (AvgIpc) is 3.59. The van der Waals surface area contributed by atoms with Gasteiger partial charge in [-0.15, -0.1) is 12.3 Å². The van der Waals surface area contributed by atoms with E-state index in [1.54, 1.807) is 24.5 Å². The van der Waals surface area contributed by atoms with Gasteiger partial charge in [0, 0.05) is 45.4 Å². The third kappa shape index (κ3) is 13.2. The van der Waals surface area contributed by atoms with Crippen molar-refractivity contribution >= 4 is 17.7 Å². The lowest BCUT2D eigenvalue weighted by atomic mass is 9.82. The molecule has 1 heterocycles. The summed E-state index contributed by atoms with van der Waals surface area (Å²) in [5.41, 5.74) is 0.904. The Balaban J connectivity index is 1.75. The van der Waals surface area contributed by atoms with Crippen LogP contribution in [0.5, 0.6) is 0 Å². The van der Waals surface area contributed by atoms with Gasteiger partial charge < -0.3 is 30.3 Å². The molecule has 0 spiro atoms. The quantitative estimate of drug-likeness (QED) is 0.171. The zero-order valence-electron chi connectivity index (χ0n) is 28.4. The highest BCUT2D eigenvalue weighted by molar-refractivity contribution is 5.91. The van der Waals surface area contributed by atoms with Crippen molar-refractivity contribution in [1.29, 1.82) is 0 Å². The van der Waals surface area contributed by atoms with Crippen molar-refractivity contribution in [2.45, 2.75) is 115 Å². The maximum atomic E-state index is 13.9. The van der Waals surface area contributed by atoms with Crippen LogP contribution in [0.4, 0.5) is 0 Å². The van der Waals surface area contributed by atoms with Crippen LogP contribution in [-0.4, -0.2) is 80.3 Å². The minimum atomic E-state index is -1.14. The summed E-state index contributed by atoms with van der Waals surface area (Å²) in [6.07, 6.45) is 15.8. The monoisotopic (exact) mass is 649 g/mol. The van der Waals surface area contributed by atoms with E-state index in [2.05, 4.69) is 21.5 Å². The molecular formula is C37H55N5O5. The van der Waals surface area contributed by atoms with Gasteiger partial charge in [0.1, 0.15) is 12.1 Å². The lowest BCUT2D eigenvalue weighted by Gasteiger charge is -2.34. The first-order valence-electron chi connectivity index (χ1n) is 17.2. The van der Waals surface area contributed by atoms with Crippen LogP contribution in [0.15, 0.2) is 49.1 Å². The smallest absolute Gasteiger partial charge is 0.242 e. The van der Waals surface area contributed by atoms with Gasteiger partial charge in [-0.2, -0.15) is 0 Å². The molecule has 10 heteroatoms. The Morgan fingerprint density at radius 2 is 1.81 bits per heavy atom. The summed E-state index contributed by atoms with van der Waals surface area (Å²) in [4.78, 5) is 46.7. The van der Waals surface area contributed by atoms with Gasteiger partial charge in [0.05, 0.1) is 24.4 Å². The van der Waals surface area contributed by atoms with Crippen LogP contribution >= 0.6 is 0 Å². The van der Waals surface area contributed by atoms with Gasteiger partial charge in [0.2, 0.25) is 17.7 Å². The first-order valence-corrected chi connectivity index (χ1v) is 17.2. The number of aromatic nitrogens is 2. The zero-order valence-corrected chi connectivity index (χ0v) is 28.4. The molecule has 1 aliphatic rings. The Morgan fingerprint density at radius 3 is 2.45 bits per heavy atom. The summed E-state index contributed by atoms with van der Waals surface area (Å²) in [6.45, 7) is 4.98. The van der Waals surface area contributed by atoms with E-state index in [1.807, 2.05) is 54.9 Å². The summed E-state index contributed by atoms with van der Waals surface area (Å²) in [5.74, 6) is 1.30. The third-order valence-electron chi connectivity index (χ3n) is 9.16. The molecule has 0 saturated heterocycles. The summed E-state index contributed by atoms with van der Waals surface area (Å²) in [7, 11) is 1.71. The molecule has 0 radical (unpaired) electrons. The van der Waals surface area contributed by atoms with E-state index in [9.17, 15) is 24.6 Å². The van der Waals surface area contributed by atoms with E-state index < -0.39 is 42.0 Å². The van der Waals surface area contributed by atoms with Gasteiger partial charge in [-0.1, -0.05) is 76.3 Å². The number of terminal acetylenes is 1. The fourth-order valence-electron chi connectivity index (χ4n) is 6.36. The molecule has 4 N–H and O–H groups in total. The number of nitrogens with one attached hydrogen (secondary N) is 2. The lowest BCUT2D eigenvalue weighted by Crippen LogP contribution is -2.56. The number of amides is 3. The van der Waals surface area contributed by atoms with Crippen molar-refractivity contribution in [2.75, 3.05) is 13.6 Å². The number of rotatable bonds is 19. The van der Waals surface area contributed by atoms with Crippen molar-refractivity contribution in [1.82, 2.24) is 25.1 Å². The van der Waals surface area contributed by atoms with Gasteiger partial charge in [-0.25, -0.2) is 4.98 Å². The van der Waals surface area contributed by atoms with Crippen LogP contribution < -0.4 is 10.6 Å². The normalized spacial score (nSPS) is 16.8. The second kappa shape index (κ2) is 19.9. The van der Waals surface area contributed by atoms with Crippen molar-refractivity contribution in [3.8, 4) is 12.3 Å². The van der Waals surface area contributed by atoms with Crippen LogP contribution in [0.3, 0.4) is 0 Å². The number of aliphatic hydroxyl groups is 2. The van der Waals surface area contributed by atoms with Gasteiger partial charge in [0.25, 0.3) is 0 Å². The highest BCUT2D eigenvalue weighted by Gasteiger charge is 2.34. The molecule has 1 aromatic carbocycles. The Bertz CT molecular complexity index is 1260. The van der Waals surface area contributed by atoms with E-state index in [0.29, 0.717) is 38.3 Å². The standard InChI is InChI=1S/C37H55N5O5/c1-5-6-17-31(37(47)40-32(24-29-15-11-8-12-16-29)35(45)33(43)22-27(2)3)39-36(46)30(23-28-13-9-7-10-14-28)25-34(44)41(4)20-21-42-19-18-38-26-42/h1,7,9-10,13-14,18-19,26-27,29-33,35,43,45H,6,8,11-12,15-17,20-25H2,2-4H3,(H,39,46)(H,40,47)/t30-,31+,32+,33+,35-/m1/s1. The van der Waals surface area contributed by atoms with Gasteiger partial charge in [-0.3, -0.25) is 14.4 Å². The Hall–Kier alpha value is -3.68. The number of nitrogens with zero attached hydrogens (tertiary/aromatic N) is 3. The van der Waals surface area contributed by atoms with E-state index in [-0.39, 0.29) is 31.1 Å². The summed E-state index contributed by atoms with van der Waals surface area (Å²) in [5, 5.41) is 27.9. The molecule has 10 nitrogen and oxygen atoms in total. The van der Waals surface area contributed by atoms with Gasteiger partial charge >= 0.3 is 0 Å². The minimum absolute atomic E-state index is 0.0327. The van der Waals surface area contributed by atoms with Crippen molar-refractivity contribution in [2.24, 2.45) is 17.8 Å². The highest BCUT2D eigenvalue weighted by atomic mass is 16.3. The molecule has 2 aromatic rings. The number of likely N-dealkylation sites (N-methyl/N-ethyl adjacent to an activating group) is 1. The van der Waals surface area contributed by atoms with E-state index in [4.69, 9.17) is 6.42 Å². The second-order valence-electron chi connectivity index (χ2n) is 13.6.